The maximum Gasteiger partial charge on any atom is 0.334 e. The number of nitrogens with zero attached hydrogens (tertiary/aromatic N) is 1. The lowest BCUT2D eigenvalue weighted by Gasteiger charge is -2.21. The third kappa shape index (κ3) is 4.42. The number of sulfonamides is 1. The Morgan fingerprint density at radius 1 is 1.19 bits per heavy atom. The molecule has 0 spiro atoms. The van der Waals surface area contributed by atoms with Gasteiger partial charge in [0.2, 0.25) is 10.0 Å². The van der Waals surface area contributed by atoms with Crippen LogP contribution in [0.1, 0.15) is 17.2 Å². The average molecular weight is 380 g/mol. The molecule has 0 aliphatic heterocycles. The van der Waals surface area contributed by atoms with Crippen LogP contribution in [-0.4, -0.2) is 35.6 Å². The van der Waals surface area contributed by atoms with Crippen molar-refractivity contribution in [3.05, 3.63) is 69.8 Å². The van der Waals surface area contributed by atoms with Gasteiger partial charge in [-0.05, 0) is 24.6 Å². The second-order valence-corrected chi connectivity index (χ2v) is 7.26. The first kappa shape index (κ1) is 19.5. The molecule has 2 rings (SSSR count). The van der Waals surface area contributed by atoms with Gasteiger partial charge in [0.25, 0.3) is 5.69 Å². The summed E-state index contributed by atoms with van der Waals surface area (Å²) in [6, 6.07) is 8.91. The zero-order chi connectivity index (χ0) is 19.5. The van der Waals surface area contributed by atoms with Crippen molar-refractivity contribution in [2.75, 3.05) is 0 Å². The van der Waals surface area contributed by atoms with E-state index >= 15 is 0 Å². The number of carboxylic acids is 1. The number of nitrogens with one attached hydrogen (secondary N) is 1. The summed E-state index contributed by atoms with van der Waals surface area (Å²) in [7, 11) is -4.18. The van der Waals surface area contributed by atoms with Crippen molar-refractivity contribution in [1.82, 2.24) is 4.72 Å². The minimum absolute atomic E-state index is 0.0511. The summed E-state index contributed by atoms with van der Waals surface area (Å²) in [6.07, 6.45) is -2.14. The van der Waals surface area contributed by atoms with Crippen molar-refractivity contribution in [2.24, 2.45) is 0 Å². The predicted molar refractivity (Wildman–Crippen MR) is 91.0 cm³/mol. The van der Waals surface area contributed by atoms with E-state index in [1.807, 2.05) is 0 Å². The van der Waals surface area contributed by atoms with Gasteiger partial charge in [-0.2, -0.15) is 0 Å². The first-order valence-electron chi connectivity index (χ1n) is 7.36. The molecule has 26 heavy (non-hydrogen) atoms. The number of non-ortho nitro benzene ring substituents is 1. The third-order valence-electron chi connectivity index (χ3n) is 3.62. The van der Waals surface area contributed by atoms with Crippen LogP contribution in [0.25, 0.3) is 0 Å². The molecule has 0 radical (unpaired) electrons. The number of benzene rings is 2. The Morgan fingerprint density at radius 3 is 2.35 bits per heavy atom. The fourth-order valence-corrected chi connectivity index (χ4v) is 3.47. The van der Waals surface area contributed by atoms with E-state index in [0.717, 1.165) is 11.6 Å². The van der Waals surface area contributed by atoms with Crippen LogP contribution in [0.2, 0.25) is 0 Å². The summed E-state index contributed by atoms with van der Waals surface area (Å²) in [5, 5.41) is 29.9. The van der Waals surface area contributed by atoms with Gasteiger partial charge in [-0.1, -0.05) is 29.8 Å². The number of aliphatic hydroxyl groups is 1. The van der Waals surface area contributed by atoms with Gasteiger partial charge in [0, 0.05) is 12.1 Å². The first-order valence-corrected chi connectivity index (χ1v) is 8.84. The van der Waals surface area contributed by atoms with Gasteiger partial charge in [-0.3, -0.25) is 10.1 Å². The first-order chi connectivity index (χ1) is 12.1. The molecule has 10 heteroatoms. The van der Waals surface area contributed by atoms with E-state index < -0.39 is 33.1 Å². The Kier molecular flexibility index (Phi) is 5.70. The molecular weight excluding hydrogens is 364 g/mol. The molecule has 0 fully saturated rings. The van der Waals surface area contributed by atoms with Crippen LogP contribution in [-0.2, 0) is 14.8 Å². The van der Waals surface area contributed by atoms with Gasteiger partial charge in [0.1, 0.15) is 0 Å². The fourth-order valence-electron chi connectivity index (χ4n) is 2.24. The molecule has 0 aromatic heterocycles. The normalized spacial score (nSPS) is 13.8. The van der Waals surface area contributed by atoms with Gasteiger partial charge in [0.15, 0.2) is 6.10 Å². The largest absolute Gasteiger partial charge is 0.479 e. The van der Waals surface area contributed by atoms with Gasteiger partial charge < -0.3 is 10.2 Å². The molecule has 2 atom stereocenters. The van der Waals surface area contributed by atoms with Crippen LogP contribution in [0, 0.1) is 17.0 Å². The van der Waals surface area contributed by atoms with E-state index in [4.69, 9.17) is 5.11 Å². The molecule has 0 amide bonds. The summed E-state index contributed by atoms with van der Waals surface area (Å²) in [5.41, 5.74) is 0.411. The van der Waals surface area contributed by atoms with E-state index in [1.165, 1.54) is 30.3 Å². The van der Waals surface area contributed by atoms with E-state index in [2.05, 4.69) is 4.72 Å². The highest BCUT2D eigenvalue weighted by molar-refractivity contribution is 7.89. The van der Waals surface area contributed by atoms with Gasteiger partial charge in [-0.25, -0.2) is 17.9 Å². The van der Waals surface area contributed by atoms with E-state index in [1.54, 1.807) is 19.1 Å². The summed E-state index contributed by atoms with van der Waals surface area (Å²) < 4.78 is 27.2. The number of rotatable bonds is 7. The molecule has 9 nitrogen and oxygen atoms in total. The zero-order valence-corrected chi connectivity index (χ0v) is 14.4. The second kappa shape index (κ2) is 7.60. The standard InChI is InChI=1S/C16H16N2O7S/c1-10-5-7-13(8-6-10)26(24,25)17-14(15(19)16(20)21)11-3-2-4-12(9-11)18(22)23/h2-9,14-15,17,19H,1H3,(H,20,21). The van der Waals surface area contributed by atoms with Crippen molar-refractivity contribution in [1.29, 1.82) is 0 Å². The number of aliphatic carboxylic acids is 1. The Balaban J connectivity index is 2.46. The SMILES string of the molecule is Cc1ccc(S(=O)(=O)NC(c2cccc([N+](=O)[O-])c2)C(O)C(=O)O)cc1. The summed E-state index contributed by atoms with van der Waals surface area (Å²) >= 11 is 0. The van der Waals surface area contributed by atoms with Gasteiger partial charge in [0.05, 0.1) is 15.9 Å². The zero-order valence-electron chi connectivity index (χ0n) is 13.6. The average Bonchev–Trinajstić information content (AvgIpc) is 2.59. The fraction of sp³-hybridized carbons (Fsp3) is 0.188. The Bertz CT molecular complexity index is 926. The predicted octanol–water partition coefficient (Wildman–Crippen LogP) is 1.37. The molecule has 0 heterocycles. The van der Waals surface area contributed by atoms with E-state index in [0.29, 0.717) is 0 Å². The maximum atomic E-state index is 12.5. The molecule has 2 aromatic carbocycles. The van der Waals surface area contributed by atoms with Crippen LogP contribution < -0.4 is 4.72 Å². The number of nitro groups is 1. The Morgan fingerprint density at radius 2 is 1.81 bits per heavy atom. The summed E-state index contributed by atoms with van der Waals surface area (Å²) in [4.78, 5) is 21.3. The number of hydrogen-bond acceptors (Lipinski definition) is 6. The second-order valence-electron chi connectivity index (χ2n) is 5.55. The molecular formula is C16H16N2O7S. The highest BCUT2D eigenvalue weighted by atomic mass is 32.2. The smallest absolute Gasteiger partial charge is 0.334 e. The summed E-state index contributed by atoms with van der Waals surface area (Å²) in [6.45, 7) is 1.77. The Labute approximate surface area is 149 Å². The number of aliphatic hydroxyl groups excluding tert-OH is 1. The summed E-state index contributed by atoms with van der Waals surface area (Å²) in [5.74, 6) is -1.67. The molecule has 0 aliphatic rings. The molecule has 0 aliphatic carbocycles. The van der Waals surface area contributed by atoms with Gasteiger partial charge >= 0.3 is 5.97 Å². The van der Waals surface area contributed by atoms with Crippen molar-refractivity contribution < 1.29 is 28.3 Å². The lowest BCUT2D eigenvalue weighted by Crippen LogP contribution is -2.40. The van der Waals surface area contributed by atoms with E-state index in [-0.39, 0.29) is 16.1 Å². The van der Waals surface area contributed by atoms with Crippen molar-refractivity contribution in [3.63, 3.8) is 0 Å². The third-order valence-corrected chi connectivity index (χ3v) is 5.08. The molecule has 0 saturated carbocycles. The number of nitro benzene ring substituents is 1. The molecule has 3 N–H and O–H groups in total. The van der Waals surface area contributed by atoms with Crippen molar-refractivity contribution >= 4 is 21.7 Å². The topological polar surface area (TPSA) is 147 Å². The molecule has 0 saturated heterocycles. The van der Waals surface area contributed by atoms with Crippen molar-refractivity contribution in [3.8, 4) is 0 Å². The van der Waals surface area contributed by atoms with Crippen LogP contribution >= 0.6 is 0 Å². The molecule has 2 aromatic rings. The Hall–Kier alpha value is -2.82. The quantitative estimate of drug-likeness (QED) is 0.485. The van der Waals surface area contributed by atoms with Crippen LogP contribution in [0.4, 0.5) is 5.69 Å². The number of carbonyl (C=O) groups is 1. The van der Waals surface area contributed by atoms with Crippen LogP contribution in [0.15, 0.2) is 53.4 Å². The minimum atomic E-state index is -4.18. The molecule has 138 valence electrons. The van der Waals surface area contributed by atoms with Gasteiger partial charge in [-0.15, -0.1) is 0 Å². The lowest BCUT2D eigenvalue weighted by atomic mass is 10.0. The highest BCUT2D eigenvalue weighted by Gasteiger charge is 2.32. The molecule has 2 unspecified atom stereocenters. The number of aryl methyl sites for hydroxylation is 1. The molecule has 0 bridgehead atoms. The highest BCUT2D eigenvalue weighted by Crippen LogP contribution is 2.24. The van der Waals surface area contributed by atoms with Crippen LogP contribution in [0.3, 0.4) is 0 Å². The number of hydrogen-bond donors (Lipinski definition) is 3. The minimum Gasteiger partial charge on any atom is -0.479 e. The van der Waals surface area contributed by atoms with E-state index in [9.17, 15) is 28.4 Å². The number of carboxylic acid groups (broad SMARTS) is 1. The maximum absolute atomic E-state index is 12.5. The van der Waals surface area contributed by atoms with Crippen molar-refractivity contribution in [2.45, 2.75) is 24.0 Å². The monoisotopic (exact) mass is 380 g/mol. The van der Waals surface area contributed by atoms with Crippen LogP contribution in [0.5, 0.6) is 0 Å². The lowest BCUT2D eigenvalue weighted by molar-refractivity contribution is -0.384.